The Balaban J connectivity index is 1.91. The van der Waals surface area contributed by atoms with Crippen LogP contribution in [0.25, 0.3) is 0 Å². The highest BCUT2D eigenvalue weighted by atomic mass is 16.6. The fourth-order valence-electron chi connectivity index (χ4n) is 3.05. The molecule has 0 aromatic heterocycles. The van der Waals surface area contributed by atoms with Crippen LogP contribution in [0.4, 0.5) is 11.4 Å². The van der Waals surface area contributed by atoms with Crippen LogP contribution in [0.2, 0.25) is 0 Å². The second-order valence-electron chi connectivity index (χ2n) is 6.85. The zero-order valence-corrected chi connectivity index (χ0v) is 15.8. The molecule has 2 aromatic carbocycles. The molecule has 0 spiro atoms. The van der Waals surface area contributed by atoms with E-state index in [9.17, 15) is 25.0 Å². The van der Waals surface area contributed by atoms with E-state index in [2.05, 4.69) is 5.32 Å². The van der Waals surface area contributed by atoms with Gasteiger partial charge in [-0.3, -0.25) is 25.0 Å². The van der Waals surface area contributed by atoms with E-state index in [1.165, 1.54) is 0 Å². The third-order valence-corrected chi connectivity index (χ3v) is 4.46. The molecule has 1 aliphatic rings. The number of hydrogen-bond donors (Lipinski definition) is 1. The molecule has 10 nitrogen and oxygen atoms in total. The number of nitrogens with zero attached hydrogens (tertiary/aromatic N) is 2. The lowest BCUT2D eigenvalue weighted by atomic mass is 9.95. The topological polar surface area (TPSA) is 134 Å². The molecule has 1 atom stereocenters. The molecule has 1 heterocycles. The highest BCUT2D eigenvalue weighted by molar-refractivity contribution is 5.95. The van der Waals surface area contributed by atoms with Gasteiger partial charge in [0.05, 0.1) is 27.5 Å². The summed E-state index contributed by atoms with van der Waals surface area (Å²) in [5.41, 5.74) is -0.443. The van der Waals surface area contributed by atoms with Gasteiger partial charge in [0.15, 0.2) is 11.5 Å². The second kappa shape index (κ2) is 8.13. The maximum atomic E-state index is 12.8. The smallest absolute Gasteiger partial charge is 0.277 e. The van der Waals surface area contributed by atoms with Crippen LogP contribution in [0.1, 0.15) is 35.8 Å². The van der Waals surface area contributed by atoms with Gasteiger partial charge in [-0.1, -0.05) is 19.9 Å². The van der Waals surface area contributed by atoms with Gasteiger partial charge >= 0.3 is 0 Å². The standard InChI is InChI=1S/C19H19N3O7/c1-11(2)18(12-3-4-16-17(9-12)29-6-5-28-16)20-19(23)13-7-14(21(24)25)10-15(8-13)22(26)27/h3-4,7-11,18H,5-6H2,1-2H3,(H,20,23). The van der Waals surface area contributed by atoms with Gasteiger partial charge in [0, 0.05) is 12.1 Å². The van der Waals surface area contributed by atoms with Crippen molar-refractivity contribution in [1.29, 1.82) is 0 Å². The average Bonchev–Trinajstić information content (AvgIpc) is 2.70. The molecule has 0 bridgehead atoms. The van der Waals surface area contributed by atoms with E-state index in [-0.39, 0.29) is 11.5 Å². The number of hydrogen-bond acceptors (Lipinski definition) is 7. The van der Waals surface area contributed by atoms with Gasteiger partial charge in [-0.2, -0.15) is 0 Å². The lowest BCUT2D eigenvalue weighted by Crippen LogP contribution is -2.32. The van der Waals surface area contributed by atoms with E-state index in [1.807, 2.05) is 13.8 Å². The SMILES string of the molecule is CC(C)C(NC(=O)c1cc([N+](=O)[O-])cc([N+](=O)[O-])c1)c1ccc2c(c1)OCCO2. The fraction of sp³-hybridized carbons (Fsp3) is 0.316. The van der Waals surface area contributed by atoms with Gasteiger partial charge < -0.3 is 14.8 Å². The van der Waals surface area contributed by atoms with Gasteiger partial charge in [0.25, 0.3) is 17.3 Å². The zero-order chi connectivity index (χ0) is 21.1. The number of non-ortho nitro benzene ring substituents is 2. The molecule has 3 rings (SSSR count). The minimum absolute atomic E-state index is 0.0322. The van der Waals surface area contributed by atoms with Crippen molar-refractivity contribution in [3.05, 3.63) is 67.8 Å². The van der Waals surface area contributed by atoms with Crippen LogP contribution in [0.5, 0.6) is 11.5 Å². The number of benzene rings is 2. The van der Waals surface area contributed by atoms with E-state index >= 15 is 0 Å². The van der Waals surface area contributed by atoms with E-state index in [0.29, 0.717) is 24.7 Å². The first-order chi connectivity index (χ1) is 13.8. The minimum Gasteiger partial charge on any atom is -0.486 e. The quantitative estimate of drug-likeness (QED) is 0.579. The molecule has 152 valence electrons. The Kier molecular flexibility index (Phi) is 5.62. The number of fused-ring (bicyclic) bond motifs is 1. The van der Waals surface area contributed by atoms with Gasteiger partial charge in [-0.25, -0.2) is 0 Å². The second-order valence-corrected chi connectivity index (χ2v) is 6.85. The Hall–Kier alpha value is -3.69. The van der Waals surface area contributed by atoms with Gasteiger partial charge in [-0.05, 0) is 23.6 Å². The first-order valence-corrected chi connectivity index (χ1v) is 8.90. The number of ether oxygens (including phenoxy) is 2. The third kappa shape index (κ3) is 4.42. The Morgan fingerprint density at radius 1 is 0.966 bits per heavy atom. The first kappa shape index (κ1) is 20.1. The van der Waals surface area contributed by atoms with Crippen molar-refractivity contribution < 1.29 is 24.1 Å². The first-order valence-electron chi connectivity index (χ1n) is 8.90. The van der Waals surface area contributed by atoms with Crippen LogP contribution in [-0.2, 0) is 0 Å². The highest BCUT2D eigenvalue weighted by Crippen LogP contribution is 2.34. The summed E-state index contributed by atoms with van der Waals surface area (Å²) in [7, 11) is 0. The maximum Gasteiger partial charge on any atom is 0.277 e. The molecule has 10 heteroatoms. The Labute approximate surface area is 165 Å². The molecule has 2 aromatic rings. The minimum atomic E-state index is -0.773. The summed E-state index contributed by atoms with van der Waals surface area (Å²) < 4.78 is 11.1. The number of carbonyl (C=O) groups is 1. The van der Waals surface area contributed by atoms with Crippen LogP contribution in [0.3, 0.4) is 0 Å². The van der Waals surface area contributed by atoms with Crippen LogP contribution in [0.15, 0.2) is 36.4 Å². The number of amides is 1. The molecule has 1 N–H and O–H groups in total. The molecule has 1 amide bonds. The van der Waals surface area contributed by atoms with Crippen LogP contribution in [0, 0.1) is 26.1 Å². The number of nitro benzene ring substituents is 2. The lowest BCUT2D eigenvalue weighted by Gasteiger charge is -2.25. The lowest BCUT2D eigenvalue weighted by molar-refractivity contribution is -0.394. The predicted molar refractivity (Wildman–Crippen MR) is 102 cm³/mol. The summed E-state index contributed by atoms with van der Waals surface area (Å²) in [4.78, 5) is 33.3. The van der Waals surface area contributed by atoms with Crippen LogP contribution < -0.4 is 14.8 Å². The monoisotopic (exact) mass is 401 g/mol. The van der Waals surface area contributed by atoms with E-state index in [4.69, 9.17) is 9.47 Å². The average molecular weight is 401 g/mol. The molecule has 0 aliphatic carbocycles. The molecule has 0 saturated heterocycles. The number of nitrogens with one attached hydrogen (secondary N) is 1. The highest BCUT2D eigenvalue weighted by Gasteiger charge is 2.25. The van der Waals surface area contributed by atoms with Crippen molar-refractivity contribution in [2.75, 3.05) is 13.2 Å². The van der Waals surface area contributed by atoms with E-state index in [1.54, 1.807) is 18.2 Å². The molecule has 1 aliphatic heterocycles. The zero-order valence-electron chi connectivity index (χ0n) is 15.8. The van der Waals surface area contributed by atoms with Crippen LogP contribution in [-0.4, -0.2) is 29.0 Å². The fourth-order valence-corrected chi connectivity index (χ4v) is 3.05. The normalized spacial score (nSPS) is 13.6. The summed E-state index contributed by atoms with van der Waals surface area (Å²) in [6, 6.07) is 7.73. The van der Waals surface area contributed by atoms with Gasteiger partial charge in [-0.15, -0.1) is 0 Å². The maximum absolute atomic E-state index is 12.8. The summed E-state index contributed by atoms with van der Waals surface area (Å²) in [5, 5.41) is 24.9. The number of rotatable bonds is 6. The van der Waals surface area contributed by atoms with E-state index < -0.39 is 33.2 Å². The molecular formula is C19H19N3O7. The predicted octanol–water partition coefficient (Wildman–Crippen LogP) is 3.40. The molecule has 29 heavy (non-hydrogen) atoms. The molecule has 1 unspecified atom stereocenters. The van der Waals surface area contributed by atoms with E-state index in [0.717, 1.165) is 23.8 Å². The van der Waals surface area contributed by atoms with Gasteiger partial charge in [0.1, 0.15) is 13.2 Å². The summed E-state index contributed by atoms with van der Waals surface area (Å²) in [6.45, 7) is 4.68. The Morgan fingerprint density at radius 2 is 1.55 bits per heavy atom. The van der Waals surface area contributed by atoms with Gasteiger partial charge in [0.2, 0.25) is 0 Å². The number of carbonyl (C=O) groups excluding carboxylic acids is 1. The van der Waals surface area contributed by atoms with Crippen molar-refractivity contribution in [2.24, 2.45) is 5.92 Å². The van der Waals surface area contributed by atoms with Crippen LogP contribution >= 0.6 is 0 Å². The molecule has 0 radical (unpaired) electrons. The van der Waals surface area contributed by atoms with Crippen molar-refractivity contribution in [1.82, 2.24) is 5.32 Å². The Morgan fingerprint density at radius 3 is 2.10 bits per heavy atom. The Bertz CT molecular complexity index is 942. The van der Waals surface area contributed by atoms with Crippen molar-refractivity contribution in [3.8, 4) is 11.5 Å². The molecule has 0 fully saturated rings. The summed E-state index contributed by atoms with van der Waals surface area (Å²) in [5.74, 6) is 0.503. The van der Waals surface area contributed by atoms with Crippen molar-refractivity contribution >= 4 is 17.3 Å². The van der Waals surface area contributed by atoms with Crippen molar-refractivity contribution in [2.45, 2.75) is 19.9 Å². The van der Waals surface area contributed by atoms with Crippen molar-refractivity contribution in [3.63, 3.8) is 0 Å². The largest absolute Gasteiger partial charge is 0.486 e. The molecular weight excluding hydrogens is 382 g/mol. The molecule has 0 saturated carbocycles. The number of nitro groups is 2. The third-order valence-electron chi connectivity index (χ3n) is 4.46. The summed E-state index contributed by atoms with van der Waals surface area (Å²) in [6.07, 6.45) is 0. The summed E-state index contributed by atoms with van der Waals surface area (Å²) >= 11 is 0.